The zero-order valence-electron chi connectivity index (χ0n) is 29.0. The molecule has 7 rings (SSSR count). The molecule has 6 heteroatoms. The molecule has 2 aliphatic heterocycles. The van der Waals surface area contributed by atoms with E-state index in [0.29, 0.717) is 50.1 Å². The number of ether oxygens (including phenoxy) is 6. The van der Waals surface area contributed by atoms with Gasteiger partial charge in [-0.2, -0.15) is 0 Å². The first-order valence-electron chi connectivity index (χ1n) is 18.2. The summed E-state index contributed by atoms with van der Waals surface area (Å²) >= 11 is 0. The molecule has 2 fully saturated rings. The summed E-state index contributed by atoms with van der Waals surface area (Å²) in [6.45, 7) is 11.7. The molecule has 0 amide bonds. The normalized spacial score (nSPS) is 17.8. The predicted octanol–water partition coefficient (Wildman–Crippen LogP) is 8.19. The molecule has 0 saturated carbocycles. The molecule has 2 atom stereocenters. The summed E-state index contributed by atoms with van der Waals surface area (Å²) in [6.07, 6.45) is 2.23. The van der Waals surface area contributed by atoms with Crippen molar-refractivity contribution < 1.29 is 28.4 Å². The maximum atomic E-state index is 6.15. The van der Waals surface area contributed by atoms with Crippen LogP contribution in [-0.2, 0) is 24.4 Å². The number of hydrogen-bond acceptors (Lipinski definition) is 6. The molecule has 0 N–H and O–H groups in total. The van der Waals surface area contributed by atoms with Gasteiger partial charge >= 0.3 is 0 Å². The van der Waals surface area contributed by atoms with Crippen molar-refractivity contribution in [3.8, 4) is 22.6 Å². The first-order chi connectivity index (χ1) is 24.2. The summed E-state index contributed by atoms with van der Waals surface area (Å²) in [6, 6.07) is 34.9. The molecule has 1 aliphatic carbocycles. The largest absolute Gasteiger partial charge is 0.491 e. The second-order valence-corrected chi connectivity index (χ2v) is 13.7. The summed E-state index contributed by atoms with van der Waals surface area (Å²) in [5.74, 6) is 4.09. The zero-order chi connectivity index (χ0) is 33.5. The number of rotatable bonds is 18. The van der Waals surface area contributed by atoms with Crippen LogP contribution < -0.4 is 9.47 Å². The van der Waals surface area contributed by atoms with E-state index in [2.05, 4.69) is 111 Å². The Balaban J connectivity index is 1.05. The van der Waals surface area contributed by atoms with Crippen LogP contribution in [0.1, 0.15) is 48.9 Å². The summed E-state index contributed by atoms with van der Waals surface area (Å²) < 4.78 is 35.0. The van der Waals surface area contributed by atoms with Gasteiger partial charge in [0, 0.05) is 25.0 Å². The molecule has 2 saturated heterocycles. The zero-order valence-corrected chi connectivity index (χ0v) is 29.0. The van der Waals surface area contributed by atoms with Crippen molar-refractivity contribution in [2.24, 2.45) is 23.7 Å². The Kier molecular flexibility index (Phi) is 11.0. The van der Waals surface area contributed by atoms with E-state index in [1.165, 1.54) is 33.4 Å². The van der Waals surface area contributed by atoms with Gasteiger partial charge in [0.05, 0.1) is 45.1 Å². The van der Waals surface area contributed by atoms with Gasteiger partial charge in [-0.25, -0.2) is 0 Å². The van der Waals surface area contributed by atoms with Gasteiger partial charge in [0.1, 0.15) is 24.7 Å². The van der Waals surface area contributed by atoms with Crippen LogP contribution in [0.2, 0.25) is 0 Å². The van der Waals surface area contributed by atoms with Gasteiger partial charge in [0.15, 0.2) is 0 Å². The molecule has 49 heavy (non-hydrogen) atoms. The van der Waals surface area contributed by atoms with E-state index in [1.807, 2.05) is 0 Å². The average Bonchev–Trinajstić information content (AvgIpc) is 3.40. The van der Waals surface area contributed by atoms with E-state index in [1.54, 1.807) is 0 Å². The Bertz CT molecular complexity index is 1500. The van der Waals surface area contributed by atoms with Crippen molar-refractivity contribution in [3.63, 3.8) is 0 Å². The molecule has 258 valence electrons. The van der Waals surface area contributed by atoms with Gasteiger partial charge in [-0.1, -0.05) is 99.5 Å². The molecule has 0 bridgehead atoms. The smallest absolute Gasteiger partial charge is 0.119 e. The molecule has 4 aromatic carbocycles. The molecule has 0 aromatic heterocycles. The van der Waals surface area contributed by atoms with Crippen molar-refractivity contribution in [1.82, 2.24) is 0 Å². The SMILES string of the molecule is CCC(COCCOc1ccc(C2(c3ccc(OCCOCC(CC)C4COC4)cc3)c3ccccc3-c3ccccc32)cc1)C1COC1. The number of benzene rings is 4. The van der Waals surface area contributed by atoms with Gasteiger partial charge in [-0.3, -0.25) is 0 Å². The molecule has 3 aliphatic rings. The molecular formula is C43H50O6. The second kappa shape index (κ2) is 15.9. The van der Waals surface area contributed by atoms with Crippen LogP contribution in [-0.4, -0.2) is 66.1 Å². The fourth-order valence-corrected chi connectivity index (χ4v) is 7.76. The summed E-state index contributed by atoms with van der Waals surface area (Å²) in [7, 11) is 0. The highest BCUT2D eigenvalue weighted by Gasteiger charge is 2.45. The van der Waals surface area contributed by atoms with Crippen LogP contribution in [0.4, 0.5) is 0 Å². The Morgan fingerprint density at radius 1 is 0.551 bits per heavy atom. The number of hydrogen-bond donors (Lipinski definition) is 0. The van der Waals surface area contributed by atoms with Gasteiger partial charge in [-0.15, -0.1) is 0 Å². The molecular weight excluding hydrogens is 612 g/mol. The van der Waals surface area contributed by atoms with Crippen LogP contribution in [0.15, 0.2) is 97.1 Å². The van der Waals surface area contributed by atoms with Crippen LogP contribution in [0, 0.1) is 23.7 Å². The van der Waals surface area contributed by atoms with Crippen molar-refractivity contribution in [2.75, 3.05) is 66.1 Å². The maximum Gasteiger partial charge on any atom is 0.119 e. The predicted molar refractivity (Wildman–Crippen MR) is 193 cm³/mol. The van der Waals surface area contributed by atoms with E-state index in [9.17, 15) is 0 Å². The summed E-state index contributed by atoms with van der Waals surface area (Å²) in [5.41, 5.74) is 7.03. The molecule has 0 radical (unpaired) electrons. The van der Waals surface area contributed by atoms with Crippen LogP contribution >= 0.6 is 0 Å². The fraction of sp³-hybridized carbons (Fsp3) is 0.442. The third-order valence-corrected chi connectivity index (χ3v) is 10.9. The average molecular weight is 663 g/mol. The fourth-order valence-electron chi connectivity index (χ4n) is 7.76. The topological polar surface area (TPSA) is 55.4 Å². The van der Waals surface area contributed by atoms with Crippen LogP contribution in [0.25, 0.3) is 11.1 Å². The minimum absolute atomic E-state index is 0.475. The van der Waals surface area contributed by atoms with Gasteiger partial charge in [0.2, 0.25) is 0 Å². The molecule has 2 unspecified atom stereocenters. The van der Waals surface area contributed by atoms with E-state index >= 15 is 0 Å². The molecule has 2 heterocycles. The lowest BCUT2D eigenvalue weighted by atomic mass is 9.68. The minimum atomic E-state index is -0.475. The van der Waals surface area contributed by atoms with Gasteiger partial charge < -0.3 is 28.4 Å². The third-order valence-electron chi connectivity index (χ3n) is 10.9. The Hall–Kier alpha value is -3.68. The van der Waals surface area contributed by atoms with Crippen molar-refractivity contribution in [1.29, 1.82) is 0 Å². The number of fused-ring (bicyclic) bond motifs is 3. The first-order valence-corrected chi connectivity index (χ1v) is 18.2. The van der Waals surface area contributed by atoms with Gasteiger partial charge in [-0.05, 0) is 69.5 Å². The Labute approximate surface area is 291 Å². The van der Waals surface area contributed by atoms with Crippen molar-refractivity contribution in [2.45, 2.75) is 32.1 Å². The standard InChI is InChI=1S/C43H50O6/c1-3-31(33-27-46-28-33)25-44-21-23-48-37-17-13-35(14-18-37)43(41-11-7-5-9-39(41)40-10-6-8-12-42(40)43)36-15-19-38(20-16-36)49-24-22-45-26-32(4-2)34-29-47-30-34/h5-20,31-34H,3-4,21-30H2,1-2H3. The lowest BCUT2D eigenvalue weighted by Crippen LogP contribution is -2.36. The minimum Gasteiger partial charge on any atom is -0.491 e. The van der Waals surface area contributed by atoms with E-state index in [0.717, 1.165) is 64.0 Å². The lowest BCUT2D eigenvalue weighted by Gasteiger charge is -2.34. The van der Waals surface area contributed by atoms with Crippen molar-refractivity contribution >= 4 is 0 Å². The van der Waals surface area contributed by atoms with Crippen LogP contribution in [0.3, 0.4) is 0 Å². The highest BCUT2D eigenvalue weighted by molar-refractivity contribution is 5.86. The molecule has 0 spiro atoms. The van der Waals surface area contributed by atoms with Crippen LogP contribution in [0.5, 0.6) is 11.5 Å². The van der Waals surface area contributed by atoms with E-state index in [4.69, 9.17) is 28.4 Å². The first kappa shape index (κ1) is 33.8. The third kappa shape index (κ3) is 7.02. The van der Waals surface area contributed by atoms with Crippen molar-refractivity contribution in [3.05, 3.63) is 119 Å². The Morgan fingerprint density at radius 3 is 1.33 bits per heavy atom. The molecule has 4 aromatic rings. The quantitative estimate of drug-likeness (QED) is 0.0883. The highest BCUT2D eigenvalue weighted by Crippen LogP contribution is 2.56. The molecule has 6 nitrogen and oxygen atoms in total. The summed E-state index contributed by atoms with van der Waals surface area (Å²) in [5, 5.41) is 0. The maximum absolute atomic E-state index is 6.15. The van der Waals surface area contributed by atoms with Gasteiger partial charge in [0.25, 0.3) is 0 Å². The van der Waals surface area contributed by atoms with E-state index < -0.39 is 5.41 Å². The highest BCUT2D eigenvalue weighted by atomic mass is 16.5. The second-order valence-electron chi connectivity index (χ2n) is 13.7. The Morgan fingerprint density at radius 2 is 0.959 bits per heavy atom. The van der Waals surface area contributed by atoms with E-state index in [-0.39, 0.29) is 0 Å². The summed E-state index contributed by atoms with van der Waals surface area (Å²) in [4.78, 5) is 0. The monoisotopic (exact) mass is 662 g/mol. The lowest BCUT2D eigenvalue weighted by molar-refractivity contribution is -0.0802.